The number of halogens is 3. The van der Waals surface area contributed by atoms with Gasteiger partial charge in [-0.25, -0.2) is 24.9 Å². The summed E-state index contributed by atoms with van der Waals surface area (Å²) in [4.78, 5) is 37.9. The number of β-amino-alcohol motifs (C(OH)–C–C–N with tert-alkyl or cyclic N) is 1. The van der Waals surface area contributed by atoms with Crippen molar-refractivity contribution in [1.82, 2.24) is 49.0 Å². The van der Waals surface area contributed by atoms with Crippen LogP contribution in [0.5, 0.6) is 28.7 Å². The zero-order chi connectivity index (χ0) is 69.9. The van der Waals surface area contributed by atoms with Gasteiger partial charge in [0.2, 0.25) is 0 Å². The van der Waals surface area contributed by atoms with Crippen molar-refractivity contribution in [1.29, 1.82) is 5.26 Å². The van der Waals surface area contributed by atoms with Crippen molar-refractivity contribution in [3.63, 3.8) is 0 Å². The van der Waals surface area contributed by atoms with E-state index in [-0.39, 0.29) is 18.6 Å². The summed E-state index contributed by atoms with van der Waals surface area (Å²) in [7, 11) is 5.38. The van der Waals surface area contributed by atoms with Crippen LogP contribution in [0.4, 0.5) is 39.6 Å². The van der Waals surface area contributed by atoms with Gasteiger partial charge >= 0.3 is 0 Å². The lowest BCUT2D eigenvalue weighted by Gasteiger charge is -2.40. The number of aliphatic hydroxyl groups excluding tert-OH is 1. The Hall–Kier alpha value is -8.80. The number of para-hydroxylation sites is 2. The van der Waals surface area contributed by atoms with Gasteiger partial charge in [-0.05, 0) is 121 Å². The number of hydrogen-bond acceptors (Lipinski definition) is 22. The third kappa shape index (κ3) is 17.6. The van der Waals surface area contributed by atoms with Gasteiger partial charge in [0.1, 0.15) is 63.6 Å². The third-order valence-corrected chi connectivity index (χ3v) is 19.8. The van der Waals surface area contributed by atoms with E-state index in [2.05, 4.69) is 80.5 Å². The van der Waals surface area contributed by atoms with E-state index in [0.717, 1.165) is 138 Å². The molecule has 1 aliphatic carbocycles. The Morgan fingerprint density at radius 2 is 1.51 bits per heavy atom. The van der Waals surface area contributed by atoms with E-state index < -0.39 is 5.60 Å². The topological polar surface area (TPSA) is 258 Å². The Bertz CT molecular complexity index is 4460. The van der Waals surface area contributed by atoms with Crippen LogP contribution < -0.4 is 45.5 Å². The minimum absolute atomic E-state index is 0.0644. The Morgan fingerprint density at radius 1 is 0.758 bits per heavy atom. The van der Waals surface area contributed by atoms with E-state index in [1.165, 1.54) is 0 Å². The number of nitrogens with one attached hydrogen (secondary N) is 3. The second-order valence-corrected chi connectivity index (χ2v) is 27.4. The molecule has 22 nitrogen and oxygen atoms in total. The molecule has 13 rings (SSSR count). The third-order valence-electron chi connectivity index (χ3n) is 17.7. The van der Waals surface area contributed by atoms with Crippen molar-refractivity contribution >= 4 is 102 Å². The molecule has 0 amide bonds. The van der Waals surface area contributed by atoms with Gasteiger partial charge in [-0.2, -0.15) is 5.26 Å². The second kappa shape index (κ2) is 32.5. The number of aryl methyl sites for hydroxylation is 3. The maximum absolute atomic E-state index is 10.2. The van der Waals surface area contributed by atoms with Gasteiger partial charge in [-0.15, -0.1) is 0 Å². The number of thiazole rings is 1. The average Bonchev–Trinajstić information content (AvgIpc) is 1.62. The standard InChI is InChI=1S/C26H29Cl2N5O2.C24H24N4O3.C23H30ClN7OS/c1-17-11-23(21(28)13-20(17)27)31-26-18(15-29)16-30-22-14-25(24(34-3)12-19(22)26)35-10-4-5-33-8-6-32(2)7-9-33;1-24(29)13-15(14-24)23-27-20(21-22(25)26-10-11-28(21)23)18-9-8-17(12-19(18)30-2)31-16-6-4-3-5-7-16;1-15-5-4-6-18(24)22(15)26-16(2)19-14-25-23(33-19)29-20-13-21(28-17(3)27-20)31-9-7-30(8-10-31)11-12-32/h11-14,16H,4-10H2,1-3H3,(H,30,31);3-12,15,29H,13-14H2,1-2H3,(H2,25,26);4-6,13-14,16,26,32H,7-12H2,1-3H3,(H,25,27,28,29). The molecule has 3 aliphatic rings. The summed E-state index contributed by atoms with van der Waals surface area (Å²) in [5.74, 6) is 7.04. The zero-order valence-corrected chi connectivity index (χ0v) is 59.9. The molecular formula is C73H83Cl3N16O6S. The summed E-state index contributed by atoms with van der Waals surface area (Å²) in [6, 6.07) is 32.6. The first-order valence-corrected chi connectivity index (χ1v) is 34.8. The van der Waals surface area contributed by atoms with Gasteiger partial charge in [0, 0.05) is 135 Å². The molecule has 0 radical (unpaired) electrons. The number of ether oxygens (including phenoxy) is 4. The fourth-order valence-corrected chi connectivity index (χ4v) is 13.8. The van der Waals surface area contributed by atoms with E-state index in [4.69, 9.17) is 69.6 Å². The number of likely N-dealkylation sites (N-methyl/N-ethyl adjacent to an activating group) is 1. The molecule has 2 saturated heterocycles. The lowest BCUT2D eigenvalue weighted by Crippen LogP contribution is -2.47. The first-order chi connectivity index (χ1) is 47.8. The van der Waals surface area contributed by atoms with Gasteiger partial charge in [-0.3, -0.25) is 14.3 Å². The number of anilines is 7. The fourth-order valence-electron chi connectivity index (χ4n) is 12.3. The maximum atomic E-state index is 10.2. The molecule has 0 bridgehead atoms. The number of imidazole rings is 1. The number of nitrogens with zero attached hydrogens (tertiary/aromatic N) is 12. The molecular weight excluding hydrogens is 1340 g/mol. The predicted molar refractivity (Wildman–Crippen MR) is 396 cm³/mol. The van der Waals surface area contributed by atoms with Crippen LogP contribution in [0.2, 0.25) is 15.1 Å². The maximum Gasteiger partial charge on any atom is 0.188 e. The Labute approximate surface area is 596 Å². The quantitative estimate of drug-likeness (QED) is 0.0365. The second-order valence-electron chi connectivity index (χ2n) is 25.2. The number of methoxy groups -OCH3 is 2. The van der Waals surface area contributed by atoms with Gasteiger partial charge in [0.25, 0.3) is 0 Å². The molecule has 1 unspecified atom stereocenters. The molecule has 26 heteroatoms. The summed E-state index contributed by atoms with van der Waals surface area (Å²) in [6.45, 7) is 20.3. The molecule has 7 heterocycles. The summed E-state index contributed by atoms with van der Waals surface area (Å²) in [6.07, 6.45) is 9.21. The van der Waals surface area contributed by atoms with Crippen LogP contribution in [-0.4, -0.2) is 165 Å². The van der Waals surface area contributed by atoms with Crippen molar-refractivity contribution < 1.29 is 29.2 Å². The molecule has 10 aromatic rings. The monoisotopic (exact) mass is 1420 g/mol. The number of hydrogen-bond donors (Lipinski definition) is 6. The van der Waals surface area contributed by atoms with E-state index in [0.29, 0.717) is 97.3 Å². The van der Waals surface area contributed by atoms with E-state index in [1.54, 1.807) is 44.0 Å². The summed E-state index contributed by atoms with van der Waals surface area (Å²) < 4.78 is 25.3. The van der Waals surface area contributed by atoms with Gasteiger partial charge in [0.05, 0.1) is 77.3 Å². The molecule has 5 aromatic heterocycles. The highest BCUT2D eigenvalue weighted by Crippen LogP contribution is 2.47. The zero-order valence-electron chi connectivity index (χ0n) is 56.8. The van der Waals surface area contributed by atoms with Crippen LogP contribution in [0, 0.1) is 32.1 Å². The van der Waals surface area contributed by atoms with E-state index >= 15 is 0 Å². The molecule has 2 aliphatic heterocycles. The number of aromatic nitrogens is 7. The van der Waals surface area contributed by atoms with Crippen molar-refractivity contribution in [2.75, 3.05) is 127 Å². The average molecular weight is 1420 g/mol. The molecule has 5 aromatic carbocycles. The highest BCUT2D eigenvalue weighted by atomic mass is 35.5. The minimum Gasteiger partial charge on any atom is -0.496 e. The van der Waals surface area contributed by atoms with E-state index in [9.17, 15) is 10.4 Å². The number of nitrogens with two attached hydrogens (primary N) is 1. The number of fused-ring (bicyclic) bond motifs is 2. The van der Waals surface area contributed by atoms with Gasteiger partial charge in [0.15, 0.2) is 16.6 Å². The molecule has 1 saturated carbocycles. The summed E-state index contributed by atoms with van der Waals surface area (Å²) in [5, 5.41) is 42.5. The highest BCUT2D eigenvalue weighted by molar-refractivity contribution is 7.15. The lowest BCUT2D eigenvalue weighted by molar-refractivity contribution is -0.0335. The largest absolute Gasteiger partial charge is 0.496 e. The number of nitrogen functional groups attached to an aromatic ring is 1. The Kier molecular flexibility index (Phi) is 23.4. The van der Waals surface area contributed by atoms with Crippen molar-refractivity contribution in [2.45, 2.75) is 71.4 Å². The molecule has 0 spiro atoms. The van der Waals surface area contributed by atoms with Crippen LogP contribution in [-0.2, 0) is 0 Å². The molecule has 99 heavy (non-hydrogen) atoms. The SMILES string of the molecule is COc1cc(Oc2ccccc2)ccc1-c1nc(C2CC(C)(O)C2)n2ccnc(N)c12.COc1cc2c(Nc3cc(C)c(Cl)cc3Cl)c(C#N)cnc2cc1OCCCN1CCN(C)CC1.Cc1nc(Nc2ncc(C(C)Nc3c(C)cccc3Cl)s2)cc(N2CCN(CCO)CC2)n1. The lowest BCUT2D eigenvalue weighted by atomic mass is 9.72. The van der Waals surface area contributed by atoms with Gasteiger partial charge < -0.3 is 65.5 Å². The Balaban J connectivity index is 0.000000150. The minimum atomic E-state index is -0.649. The smallest absolute Gasteiger partial charge is 0.188 e. The van der Waals surface area contributed by atoms with Crippen molar-refractivity contribution in [3.05, 3.63) is 170 Å². The van der Waals surface area contributed by atoms with Crippen LogP contribution in [0.3, 0.4) is 0 Å². The number of benzene rings is 5. The van der Waals surface area contributed by atoms with Crippen molar-refractivity contribution in [3.8, 4) is 46.1 Å². The first kappa shape index (κ1) is 71.5. The van der Waals surface area contributed by atoms with Crippen molar-refractivity contribution in [2.24, 2.45) is 0 Å². The molecule has 1 atom stereocenters. The predicted octanol–water partition coefficient (Wildman–Crippen LogP) is 14.1. The highest BCUT2D eigenvalue weighted by Gasteiger charge is 2.42. The normalized spacial score (nSPS) is 16.7. The summed E-state index contributed by atoms with van der Waals surface area (Å²) in [5.41, 5.74) is 13.1. The number of rotatable bonds is 21. The van der Waals surface area contributed by atoms with Crippen LogP contribution in [0.25, 0.3) is 27.7 Å². The van der Waals surface area contributed by atoms with E-state index in [1.807, 2.05) is 135 Å². The van der Waals surface area contributed by atoms with Crippen LogP contribution in [0.15, 0.2) is 122 Å². The number of aliphatic hydroxyl groups is 2. The molecule has 518 valence electrons. The number of piperazine rings is 2. The molecule has 7 N–H and O–H groups in total. The van der Waals surface area contributed by atoms with Gasteiger partial charge in [-0.1, -0.05) is 76.5 Å². The first-order valence-electron chi connectivity index (χ1n) is 32.9. The van der Waals surface area contributed by atoms with Crippen LogP contribution >= 0.6 is 46.1 Å². The summed E-state index contributed by atoms with van der Waals surface area (Å²) >= 11 is 20.6. The fraction of sp³-hybridized carbons (Fsp3) is 0.356. The number of pyridine rings is 1. The number of nitriles is 1. The van der Waals surface area contributed by atoms with Crippen LogP contribution in [0.1, 0.15) is 78.3 Å². The Morgan fingerprint density at radius 3 is 2.22 bits per heavy atom. The molecule has 3 fully saturated rings.